The molecule has 1 N–H and O–H groups in total. The van der Waals surface area contributed by atoms with E-state index in [-0.39, 0.29) is 5.82 Å². The van der Waals surface area contributed by atoms with Crippen molar-refractivity contribution in [3.8, 4) is 0 Å². The molecular formula is C9H12FNOS. The molecule has 0 fully saturated rings. The van der Waals surface area contributed by atoms with Gasteiger partial charge in [0.1, 0.15) is 16.8 Å². The van der Waals surface area contributed by atoms with Crippen molar-refractivity contribution < 1.29 is 8.60 Å². The van der Waals surface area contributed by atoms with Gasteiger partial charge in [-0.1, -0.05) is 13.0 Å². The lowest BCUT2D eigenvalue weighted by atomic mass is 10.2. The molecule has 0 aliphatic rings. The predicted molar refractivity (Wildman–Crippen MR) is 53.4 cm³/mol. The maximum absolute atomic E-state index is 13.0. The Morgan fingerprint density at radius 2 is 2.23 bits per heavy atom. The Labute approximate surface area is 79.8 Å². The predicted octanol–water partition coefficient (Wildman–Crippen LogP) is 2.23. The summed E-state index contributed by atoms with van der Waals surface area (Å²) in [6, 6.07) is 4.72. The third-order valence-corrected chi connectivity index (χ3v) is 2.65. The van der Waals surface area contributed by atoms with E-state index in [0.717, 1.165) is 0 Å². The monoisotopic (exact) mass is 201 g/mol. The van der Waals surface area contributed by atoms with Gasteiger partial charge in [-0.3, -0.25) is 0 Å². The number of halogens is 1. The second kappa shape index (κ2) is 4.37. The number of hydrogen-bond acceptors (Lipinski definition) is 1. The first-order chi connectivity index (χ1) is 6.13. The third kappa shape index (κ3) is 2.81. The van der Waals surface area contributed by atoms with E-state index < -0.39 is 11.0 Å². The van der Waals surface area contributed by atoms with E-state index >= 15 is 0 Å². The Kier molecular flexibility index (Phi) is 3.42. The maximum Gasteiger partial charge on any atom is 0.128 e. The summed E-state index contributed by atoms with van der Waals surface area (Å²) >= 11 is 0. The summed E-state index contributed by atoms with van der Waals surface area (Å²) < 4.78 is 26.7. The summed E-state index contributed by atoms with van der Waals surface area (Å²) in [7, 11) is -1.11. The number of nitrogens with one attached hydrogen (secondary N) is 1. The van der Waals surface area contributed by atoms with Crippen LogP contribution in [0.5, 0.6) is 0 Å². The number of anilines is 1. The highest BCUT2D eigenvalue weighted by Crippen LogP contribution is 2.13. The number of benzene rings is 1. The third-order valence-electron chi connectivity index (χ3n) is 1.67. The molecule has 0 spiro atoms. The summed E-state index contributed by atoms with van der Waals surface area (Å²) in [4.78, 5) is 0. The summed E-state index contributed by atoms with van der Waals surface area (Å²) in [5.41, 5.74) is 1.15. The number of rotatable bonds is 3. The van der Waals surface area contributed by atoms with E-state index in [1.54, 1.807) is 26.0 Å². The average Bonchev–Trinajstić information content (AvgIpc) is 2.11. The lowest BCUT2D eigenvalue weighted by Gasteiger charge is -2.04. The SMILES string of the molecule is CCS(=O)Nc1ccc(C)c(F)c1. The standard InChI is InChI=1S/C9H12FNOS/c1-3-13(12)11-8-5-4-7(2)9(10)6-8/h4-6,11H,3H2,1-2H3. The highest BCUT2D eigenvalue weighted by molar-refractivity contribution is 7.86. The van der Waals surface area contributed by atoms with Crippen molar-refractivity contribution >= 4 is 16.7 Å². The van der Waals surface area contributed by atoms with Crippen molar-refractivity contribution in [2.75, 3.05) is 10.5 Å². The second-order valence-corrected chi connectivity index (χ2v) is 4.17. The smallest absolute Gasteiger partial charge is 0.128 e. The van der Waals surface area contributed by atoms with E-state index in [2.05, 4.69) is 4.72 Å². The van der Waals surface area contributed by atoms with Gasteiger partial charge in [0.05, 0.1) is 0 Å². The molecular weight excluding hydrogens is 189 g/mol. The van der Waals surface area contributed by atoms with Gasteiger partial charge >= 0.3 is 0 Å². The Balaban J connectivity index is 2.79. The van der Waals surface area contributed by atoms with Crippen molar-refractivity contribution in [2.45, 2.75) is 13.8 Å². The average molecular weight is 201 g/mol. The van der Waals surface area contributed by atoms with Gasteiger partial charge in [-0.15, -0.1) is 0 Å². The topological polar surface area (TPSA) is 29.1 Å². The lowest BCUT2D eigenvalue weighted by Crippen LogP contribution is -2.06. The lowest BCUT2D eigenvalue weighted by molar-refractivity contribution is 0.619. The fourth-order valence-corrected chi connectivity index (χ4v) is 1.39. The molecule has 1 unspecified atom stereocenters. The molecule has 0 aliphatic carbocycles. The van der Waals surface area contributed by atoms with Gasteiger partial charge in [-0.2, -0.15) is 0 Å². The minimum Gasteiger partial charge on any atom is -0.305 e. The van der Waals surface area contributed by atoms with E-state index in [0.29, 0.717) is 17.0 Å². The van der Waals surface area contributed by atoms with Gasteiger partial charge in [0.2, 0.25) is 0 Å². The van der Waals surface area contributed by atoms with E-state index in [9.17, 15) is 8.60 Å². The molecule has 0 bridgehead atoms. The number of aryl methyl sites for hydroxylation is 1. The van der Waals surface area contributed by atoms with Crippen LogP contribution in [0.1, 0.15) is 12.5 Å². The molecule has 0 saturated heterocycles. The highest BCUT2D eigenvalue weighted by Gasteiger charge is 2.00. The molecule has 13 heavy (non-hydrogen) atoms. The van der Waals surface area contributed by atoms with E-state index in [4.69, 9.17) is 0 Å². The molecule has 0 aliphatic heterocycles. The zero-order valence-corrected chi connectivity index (χ0v) is 8.45. The summed E-state index contributed by atoms with van der Waals surface area (Å²) in [5, 5.41) is 0. The molecule has 4 heteroatoms. The highest BCUT2D eigenvalue weighted by atomic mass is 32.2. The van der Waals surface area contributed by atoms with Gasteiger partial charge in [0.25, 0.3) is 0 Å². The second-order valence-electron chi connectivity index (χ2n) is 2.70. The molecule has 0 aromatic heterocycles. The zero-order chi connectivity index (χ0) is 9.84. The van der Waals surface area contributed by atoms with Crippen LogP contribution in [0.3, 0.4) is 0 Å². The van der Waals surface area contributed by atoms with Crippen LogP contribution < -0.4 is 4.72 Å². The Bertz CT molecular complexity index is 327. The van der Waals surface area contributed by atoms with Crippen molar-refractivity contribution in [2.24, 2.45) is 0 Å². The molecule has 0 heterocycles. The first-order valence-corrected chi connectivity index (χ1v) is 5.36. The Morgan fingerprint density at radius 1 is 1.54 bits per heavy atom. The maximum atomic E-state index is 13.0. The minimum absolute atomic E-state index is 0.280. The first kappa shape index (κ1) is 10.2. The van der Waals surface area contributed by atoms with Crippen LogP contribution in [0.2, 0.25) is 0 Å². The van der Waals surface area contributed by atoms with E-state index in [1.807, 2.05) is 0 Å². The summed E-state index contributed by atoms with van der Waals surface area (Å²) in [6.45, 7) is 3.49. The molecule has 2 nitrogen and oxygen atoms in total. The molecule has 72 valence electrons. The van der Waals surface area contributed by atoms with Crippen LogP contribution >= 0.6 is 0 Å². The molecule has 1 aromatic rings. The Hall–Kier alpha value is -0.900. The van der Waals surface area contributed by atoms with Crippen molar-refractivity contribution in [1.29, 1.82) is 0 Å². The van der Waals surface area contributed by atoms with Crippen molar-refractivity contribution in [3.05, 3.63) is 29.6 Å². The van der Waals surface area contributed by atoms with Crippen molar-refractivity contribution in [3.63, 3.8) is 0 Å². The van der Waals surface area contributed by atoms with Crippen LogP contribution in [0.25, 0.3) is 0 Å². The van der Waals surface area contributed by atoms with Gasteiger partial charge in [-0.05, 0) is 24.6 Å². The van der Waals surface area contributed by atoms with Crippen LogP contribution in [-0.4, -0.2) is 9.96 Å². The molecule has 0 saturated carbocycles. The normalized spacial score (nSPS) is 12.5. The Morgan fingerprint density at radius 3 is 2.77 bits per heavy atom. The van der Waals surface area contributed by atoms with Crippen LogP contribution in [0.15, 0.2) is 18.2 Å². The fraction of sp³-hybridized carbons (Fsp3) is 0.333. The zero-order valence-electron chi connectivity index (χ0n) is 7.63. The molecule has 0 radical (unpaired) electrons. The van der Waals surface area contributed by atoms with E-state index in [1.165, 1.54) is 6.07 Å². The van der Waals surface area contributed by atoms with Crippen LogP contribution in [-0.2, 0) is 11.0 Å². The number of hydrogen-bond donors (Lipinski definition) is 1. The van der Waals surface area contributed by atoms with Crippen LogP contribution in [0, 0.1) is 12.7 Å². The largest absolute Gasteiger partial charge is 0.305 e. The molecule has 1 atom stereocenters. The fourth-order valence-electron chi connectivity index (χ4n) is 0.860. The molecule has 0 amide bonds. The van der Waals surface area contributed by atoms with Gasteiger partial charge in [0.15, 0.2) is 0 Å². The van der Waals surface area contributed by atoms with Gasteiger partial charge < -0.3 is 4.72 Å². The van der Waals surface area contributed by atoms with Crippen molar-refractivity contribution in [1.82, 2.24) is 0 Å². The molecule has 1 rings (SSSR count). The van der Waals surface area contributed by atoms with Gasteiger partial charge in [-0.25, -0.2) is 8.60 Å². The first-order valence-electron chi connectivity index (χ1n) is 4.04. The minimum atomic E-state index is -1.11. The van der Waals surface area contributed by atoms with Crippen LogP contribution in [0.4, 0.5) is 10.1 Å². The van der Waals surface area contributed by atoms with Gasteiger partial charge in [0, 0.05) is 11.4 Å². The molecule has 1 aromatic carbocycles. The quantitative estimate of drug-likeness (QED) is 0.798. The summed E-state index contributed by atoms with van der Waals surface area (Å²) in [5.74, 6) is 0.230. The summed E-state index contributed by atoms with van der Waals surface area (Å²) in [6.07, 6.45) is 0.